The van der Waals surface area contributed by atoms with Crippen LogP contribution < -0.4 is 11.1 Å². The molecule has 2 amide bonds. The molecule has 0 saturated carbocycles. The molecule has 1 unspecified atom stereocenters. The van der Waals surface area contributed by atoms with Gasteiger partial charge in [-0.05, 0) is 30.7 Å². The number of aryl methyl sites for hydroxylation is 1. The minimum Gasteiger partial charge on any atom is -0.351 e. The highest BCUT2D eigenvalue weighted by atomic mass is 32.2. The molecule has 0 aliphatic heterocycles. The van der Waals surface area contributed by atoms with E-state index in [1.54, 1.807) is 23.5 Å². The third kappa shape index (κ3) is 3.88. The van der Waals surface area contributed by atoms with Gasteiger partial charge in [0, 0.05) is 10.4 Å². The van der Waals surface area contributed by atoms with E-state index in [1.165, 1.54) is 22.2 Å². The molecule has 28 heavy (non-hydrogen) atoms. The van der Waals surface area contributed by atoms with Crippen LogP contribution in [0, 0.1) is 5.92 Å². The molecule has 2 aromatic heterocycles. The number of benzene rings is 1. The Kier molecular flexibility index (Phi) is 5.32. The lowest BCUT2D eigenvalue weighted by Gasteiger charge is -2.18. The monoisotopic (exact) mass is 412 g/mol. The van der Waals surface area contributed by atoms with E-state index in [0.717, 1.165) is 29.5 Å². The number of aromatic nitrogens is 2. The van der Waals surface area contributed by atoms with Crippen LogP contribution >= 0.6 is 23.1 Å². The van der Waals surface area contributed by atoms with Gasteiger partial charge in [-0.1, -0.05) is 49.0 Å². The number of nitrogens with one attached hydrogen (secondary N) is 1. The van der Waals surface area contributed by atoms with Gasteiger partial charge in [-0.15, -0.1) is 11.3 Å². The molecule has 1 aromatic carbocycles. The number of anilines is 1. The predicted octanol–water partition coefficient (Wildman–Crippen LogP) is 4.28. The third-order valence-electron chi connectivity index (χ3n) is 4.80. The number of ketones is 1. The Morgan fingerprint density at radius 2 is 2.07 bits per heavy atom. The molecule has 0 saturated heterocycles. The van der Waals surface area contributed by atoms with Crippen molar-refractivity contribution in [3.05, 3.63) is 46.3 Å². The lowest BCUT2D eigenvalue weighted by molar-refractivity contribution is 0.102. The maximum atomic E-state index is 12.4. The van der Waals surface area contributed by atoms with Crippen LogP contribution in [-0.2, 0) is 12.8 Å². The number of carbonyl (C=O) groups excluding carboxylic acids is 2. The summed E-state index contributed by atoms with van der Waals surface area (Å²) in [5.41, 5.74) is 7.24. The first-order valence-electron chi connectivity index (χ1n) is 9.11. The predicted molar refractivity (Wildman–Crippen MR) is 113 cm³/mol. The van der Waals surface area contributed by atoms with Crippen molar-refractivity contribution in [2.45, 2.75) is 31.3 Å². The standard InChI is InChI=1S/C20H20N4O2S2/c1-11-7-8-13-15(9-11)28-18-16(13)17(22-19(21)26)23-20(24-18)27-10-14(25)12-5-3-2-4-6-12/h2-6,11H,7-10H2,1H3,(H3,21,22,23,24,26). The van der Waals surface area contributed by atoms with Crippen LogP contribution in [0.1, 0.15) is 34.1 Å². The molecule has 3 N–H and O–H groups in total. The number of Topliss-reactive ketones (excluding diaryl/α,β-unsaturated/α-hetero) is 1. The number of thioether (sulfide) groups is 1. The van der Waals surface area contributed by atoms with Crippen molar-refractivity contribution < 1.29 is 9.59 Å². The average Bonchev–Trinajstić information content (AvgIpc) is 3.03. The van der Waals surface area contributed by atoms with Gasteiger partial charge >= 0.3 is 6.03 Å². The Hall–Kier alpha value is -2.45. The number of amides is 2. The molecule has 144 valence electrons. The minimum atomic E-state index is -0.652. The Morgan fingerprint density at radius 1 is 1.29 bits per heavy atom. The highest BCUT2D eigenvalue weighted by Crippen LogP contribution is 2.40. The van der Waals surface area contributed by atoms with Crippen molar-refractivity contribution in [1.29, 1.82) is 0 Å². The second-order valence-corrected chi connectivity index (χ2v) is 8.98. The van der Waals surface area contributed by atoms with Gasteiger partial charge in [-0.3, -0.25) is 10.1 Å². The largest absolute Gasteiger partial charge is 0.351 e. The third-order valence-corrected chi connectivity index (χ3v) is 6.80. The van der Waals surface area contributed by atoms with Crippen LogP contribution in [0.2, 0.25) is 0 Å². The molecule has 4 rings (SSSR count). The quantitative estimate of drug-likeness (QED) is 0.370. The fourth-order valence-electron chi connectivity index (χ4n) is 3.43. The molecule has 1 aliphatic carbocycles. The van der Waals surface area contributed by atoms with E-state index < -0.39 is 6.03 Å². The van der Waals surface area contributed by atoms with E-state index in [0.29, 0.717) is 22.5 Å². The number of nitrogens with zero attached hydrogens (tertiary/aromatic N) is 2. The van der Waals surface area contributed by atoms with Gasteiger partial charge in [0.15, 0.2) is 10.9 Å². The van der Waals surface area contributed by atoms with Gasteiger partial charge < -0.3 is 5.73 Å². The van der Waals surface area contributed by atoms with Crippen LogP contribution in [0.3, 0.4) is 0 Å². The van der Waals surface area contributed by atoms with Crippen LogP contribution in [-0.4, -0.2) is 27.5 Å². The number of primary amides is 1. The van der Waals surface area contributed by atoms with Crippen molar-refractivity contribution >= 4 is 50.9 Å². The first-order chi connectivity index (χ1) is 13.5. The molecule has 8 heteroatoms. The van der Waals surface area contributed by atoms with Gasteiger partial charge in [0.05, 0.1) is 11.1 Å². The average molecular weight is 413 g/mol. The van der Waals surface area contributed by atoms with E-state index in [-0.39, 0.29) is 11.5 Å². The minimum absolute atomic E-state index is 0.0120. The van der Waals surface area contributed by atoms with Crippen LogP contribution in [0.15, 0.2) is 35.5 Å². The number of thiophene rings is 1. The summed E-state index contributed by atoms with van der Waals surface area (Å²) in [6.07, 6.45) is 3.07. The molecule has 6 nitrogen and oxygen atoms in total. The van der Waals surface area contributed by atoms with Gasteiger partial charge in [-0.25, -0.2) is 14.8 Å². The smallest absolute Gasteiger partial charge is 0.317 e. The van der Waals surface area contributed by atoms with E-state index in [1.807, 2.05) is 18.2 Å². The number of hydrogen-bond acceptors (Lipinski definition) is 6. The molecule has 1 aliphatic rings. The van der Waals surface area contributed by atoms with E-state index in [2.05, 4.69) is 22.2 Å². The molecule has 2 heterocycles. The fourth-order valence-corrected chi connectivity index (χ4v) is 5.61. The molecule has 1 atom stereocenters. The first-order valence-corrected chi connectivity index (χ1v) is 10.9. The molecule has 0 radical (unpaired) electrons. The maximum Gasteiger partial charge on any atom is 0.317 e. The van der Waals surface area contributed by atoms with E-state index in [9.17, 15) is 9.59 Å². The second kappa shape index (κ2) is 7.89. The summed E-state index contributed by atoms with van der Waals surface area (Å²) in [5, 5.41) is 4.01. The Bertz CT molecular complexity index is 1050. The molecule has 0 fully saturated rings. The van der Waals surface area contributed by atoms with E-state index in [4.69, 9.17) is 5.73 Å². The maximum absolute atomic E-state index is 12.4. The topological polar surface area (TPSA) is 98.0 Å². The van der Waals surface area contributed by atoms with Crippen molar-refractivity contribution in [1.82, 2.24) is 9.97 Å². The summed E-state index contributed by atoms with van der Waals surface area (Å²) in [7, 11) is 0. The highest BCUT2D eigenvalue weighted by Gasteiger charge is 2.24. The summed E-state index contributed by atoms with van der Waals surface area (Å²) in [5.74, 6) is 1.32. The lowest BCUT2D eigenvalue weighted by atomic mass is 9.89. The molecule has 0 spiro atoms. The van der Waals surface area contributed by atoms with Crippen LogP contribution in [0.25, 0.3) is 10.2 Å². The number of nitrogens with two attached hydrogens (primary N) is 1. The Labute approximate surface area is 170 Å². The van der Waals surface area contributed by atoms with Crippen molar-refractivity contribution in [3.63, 3.8) is 0 Å². The lowest BCUT2D eigenvalue weighted by Crippen LogP contribution is -2.21. The SMILES string of the molecule is CC1CCc2c(sc3nc(SCC(=O)c4ccccc4)nc(NC(N)=O)c23)C1. The summed E-state index contributed by atoms with van der Waals surface area (Å²) in [6, 6.07) is 8.49. The molecular weight excluding hydrogens is 392 g/mol. The van der Waals surface area contributed by atoms with Crippen molar-refractivity contribution in [2.24, 2.45) is 11.7 Å². The number of carbonyl (C=O) groups is 2. The van der Waals surface area contributed by atoms with E-state index >= 15 is 0 Å². The van der Waals surface area contributed by atoms with Gasteiger partial charge in [-0.2, -0.15) is 0 Å². The molecule has 3 aromatic rings. The number of urea groups is 1. The summed E-state index contributed by atoms with van der Waals surface area (Å²) in [4.78, 5) is 35.2. The normalized spacial score (nSPS) is 16.0. The number of rotatable bonds is 5. The van der Waals surface area contributed by atoms with Gasteiger partial charge in [0.25, 0.3) is 0 Å². The van der Waals surface area contributed by atoms with Gasteiger partial charge in [0.2, 0.25) is 0 Å². The number of hydrogen-bond donors (Lipinski definition) is 2. The number of fused-ring (bicyclic) bond motifs is 3. The zero-order valence-corrected chi connectivity index (χ0v) is 17.0. The van der Waals surface area contributed by atoms with Crippen LogP contribution in [0.4, 0.5) is 10.6 Å². The van der Waals surface area contributed by atoms with Crippen molar-refractivity contribution in [3.8, 4) is 0 Å². The summed E-state index contributed by atoms with van der Waals surface area (Å²) >= 11 is 2.92. The Morgan fingerprint density at radius 3 is 2.82 bits per heavy atom. The van der Waals surface area contributed by atoms with Crippen molar-refractivity contribution in [2.75, 3.05) is 11.1 Å². The van der Waals surface area contributed by atoms with Crippen LogP contribution in [0.5, 0.6) is 0 Å². The zero-order valence-electron chi connectivity index (χ0n) is 15.4. The zero-order chi connectivity index (χ0) is 19.7. The first kappa shape index (κ1) is 18.9. The summed E-state index contributed by atoms with van der Waals surface area (Å²) in [6.45, 7) is 2.25. The highest BCUT2D eigenvalue weighted by molar-refractivity contribution is 7.99. The Balaban J connectivity index is 1.65. The molecule has 0 bridgehead atoms. The van der Waals surface area contributed by atoms with Gasteiger partial charge in [0.1, 0.15) is 10.6 Å². The summed E-state index contributed by atoms with van der Waals surface area (Å²) < 4.78 is 0. The molecular formula is C20H20N4O2S2. The fraction of sp³-hybridized carbons (Fsp3) is 0.300. The second-order valence-electron chi connectivity index (χ2n) is 6.95.